The van der Waals surface area contributed by atoms with Gasteiger partial charge in [0.15, 0.2) is 0 Å². The van der Waals surface area contributed by atoms with Crippen LogP contribution in [0.5, 0.6) is 5.75 Å². The van der Waals surface area contributed by atoms with Gasteiger partial charge in [0, 0.05) is 0 Å². The molecule has 2 aromatic carbocycles. The molecule has 0 amide bonds. The van der Waals surface area contributed by atoms with E-state index in [1.54, 1.807) is 0 Å². The van der Waals surface area contributed by atoms with E-state index >= 15 is 0 Å². The van der Waals surface area contributed by atoms with E-state index in [-0.39, 0.29) is 19.1 Å². The molecule has 0 unspecified atom stereocenters. The molecule has 2 atom stereocenters. The fraction of sp³-hybridized carbons (Fsp3) is 0.429. The molecule has 0 aromatic heterocycles. The molecule has 0 N–H and O–H groups in total. The predicted molar refractivity (Wildman–Crippen MR) is 102 cm³/mol. The van der Waals surface area contributed by atoms with Gasteiger partial charge in [-0.1, -0.05) is 74.7 Å². The van der Waals surface area contributed by atoms with E-state index in [9.17, 15) is 0 Å². The zero-order valence-corrected chi connectivity index (χ0v) is 15.0. The van der Waals surface area contributed by atoms with Crippen LogP contribution in [0.15, 0.2) is 48.5 Å². The highest BCUT2D eigenvalue weighted by Gasteiger charge is 2.36. The van der Waals surface area contributed by atoms with E-state index in [0.717, 1.165) is 36.9 Å². The number of ether oxygens (including phenoxy) is 1. The van der Waals surface area contributed by atoms with Crippen molar-refractivity contribution >= 4 is 17.8 Å². The maximum atomic E-state index is 6.69. The molecule has 1 heterocycles. The van der Waals surface area contributed by atoms with Crippen molar-refractivity contribution in [2.24, 2.45) is 0 Å². The molecule has 0 fully saturated rings. The molecule has 0 saturated carbocycles. The Hall–Kier alpha value is -1.74. The maximum Gasteiger partial charge on any atom is 0.366 e. The molecule has 0 radical (unpaired) electrons. The van der Waals surface area contributed by atoms with E-state index in [1.165, 1.54) is 11.0 Å². The van der Waals surface area contributed by atoms with Crippen molar-refractivity contribution in [1.29, 1.82) is 0 Å². The molecule has 1 aliphatic rings. The average Bonchev–Trinajstić information content (AvgIpc) is 2.74. The molecule has 0 spiro atoms. The molecule has 2 nitrogen and oxygen atoms in total. The van der Waals surface area contributed by atoms with Crippen molar-refractivity contribution in [3.8, 4) is 5.75 Å². The predicted octanol–water partition coefficient (Wildman–Crippen LogP) is 3.85. The first-order chi connectivity index (χ1) is 11.7. The Bertz CT molecular complexity index is 670. The molecule has 1 aliphatic heterocycles. The van der Waals surface area contributed by atoms with Crippen LogP contribution in [0.1, 0.15) is 45.1 Å². The van der Waals surface area contributed by atoms with Gasteiger partial charge in [-0.25, -0.2) is 0 Å². The van der Waals surface area contributed by atoms with Gasteiger partial charge in [0.05, 0.1) is 6.10 Å². The lowest BCUT2D eigenvalue weighted by molar-refractivity contribution is 0.0500. The molecule has 0 bridgehead atoms. The number of rotatable bonds is 5. The summed E-state index contributed by atoms with van der Waals surface area (Å²) in [5.41, 5.74) is 3.65. The van der Waals surface area contributed by atoms with Gasteiger partial charge in [0.2, 0.25) is 0 Å². The van der Waals surface area contributed by atoms with Gasteiger partial charge >= 0.3 is 6.92 Å². The average molecular weight is 322 g/mol. The molecule has 0 aliphatic carbocycles. The van der Waals surface area contributed by atoms with Crippen LogP contribution in [0.4, 0.5) is 0 Å². The summed E-state index contributed by atoms with van der Waals surface area (Å²) in [6, 6.07) is 16.9. The SMILES string of the molecule is CCC[C@@H]1OB(c2ccccc2C)c2ccccc2O[C@H]1CCC. The summed E-state index contributed by atoms with van der Waals surface area (Å²) in [6.45, 7) is 6.53. The zero-order chi connectivity index (χ0) is 16.9. The Morgan fingerprint density at radius 1 is 0.833 bits per heavy atom. The van der Waals surface area contributed by atoms with Crippen molar-refractivity contribution in [3.63, 3.8) is 0 Å². The Labute approximate surface area is 146 Å². The minimum Gasteiger partial charge on any atom is -0.488 e. The molecule has 24 heavy (non-hydrogen) atoms. The Balaban J connectivity index is 2.05. The van der Waals surface area contributed by atoms with Crippen LogP contribution < -0.4 is 15.7 Å². The van der Waals surface area contributed by atoms with Gasteiger partial charge in [-0.3, -0.25) is 0 Å². The molecular weight excluding hydrogens is 295 g/mol. The van der Waals surface area contributed by atoms with Gasteiger partial charge < -0.3 is 9.39 Å². The summed E-state index contributed by atoms with van der Waals surface area (Å²) in [5.74, 6) is 0.975. The quantitative estimate of drug-likeness (QED) is 0.779. The van der Waals surface area contributed by atoms with E-state index in [1.807, 2.05) is 0 Å². The lowest BCUT2D eigenvalue weighted by Gasteiger charge is -2.27. The standard InChI is InChI=1S/C21H27BO2/c1-4-10-20-21(11-5-2)24-22(17-13-7-6-12-16(17)3)18-14-8-9-15-19(18)23-20/h6-9,12-15,20-21H,4-5,10-11H2,1-3H3/t20-,21-/m0/s1. The second-order valence-corrected chi connectivity index (χ2v) is 6.68. The first-order valence-electron chi connectivity index (χ1n) is 9.21. The third kappa shape index (κ3) is 3.51. The van der Waals surface area contributed by atoms with Crippen molar-refractivity contribution in [2.75, 3.05) is 0 Å². The smallest absolute Gasteiger partial charge is 0.366 e. The van der Waals surface area contributed by atoms with E-state index in [4.69, 9.17) is 9.39 Å². The molecule has 0 saturated heterocycles. The fourth-order valence-electron chi connectivity index (χ4n) is 3.57. The topological polar surface area (TPSA) is 18.5 Å². The van der Waals surface area contributed by atoms with Crippen LogP contribution in [0.25, 0.3) is 0 Å². The number of para-hydroxylation sites is 1. The number of hydrogen-bond donors (Lipinski definition) is 0. The van der Waals surface area contributed by atoms with Gasteiger partial charge in [0.25, 0.3) is 0 Å². The number of benzene rings is 2. The summed E-state index contributed by atoms with van der Waals surface area (Å²) in [6.07, 6.45) is 4.52. The molecule has 3 rings (SSSR count). The first kappa shape index (κ1) is 17.1. The highest BCUT2D eigenvalue weighted by atomic mass is 16.5. The van der Waals surface area contributed by atoms with Gasteiger partial charge in [-0.2, -0.15) is 0 Å². The van der Waals surface area contributed by atoms with Gasteiger partial charge in [-0.15, -0.1) is 0 Å². The summed E-state index contributed by atoms with van der Waals surface area (Å²) in [7, 11) is 0. The van der Waals surface area contributed by atoms with E-state index in [0.29, 0.717) is 0 Å². The number of hydrogen-bond acceptors (Lipinski definition) is 2. The Morgan fingerprint density at radius 3 is 2.17 bits per heavy atom. The summed E-state index contributed by atoms with van der Waals surface area (Å²) in [4.78, 5) is 0. The summed E-state index contributed by atoms with van der Waals surface area (Å²) < 4.78 is 13.1. The van der Waals surface area contributed by atoms with Crippen LogP contribution in [0.3, 0.4) is 0 Å². The van der Waals surface area contributed by atoms with Gasteiger partial charge in [-0.05, 0) is 36.8 Å². The third-order valence-corrected chi connectivity index (χ3v) is 4.82. The van der Waals surface area contributed by atoms with E-state index < -0.39 is 0 Å². The molecule has 3 heteroatoms. The third-order valence-electron chi connectivity index (χ3n) is 4.82. The van der Waals surface area contributed by atoms with Crippen LogP contribution in [0.2, 0.25) is 0 Å². The van der Waals surface area contributed by atoms with Crippen LogP contribution >= 0.6 is 0 Å². The monoisotopic (exact) mass is 322 g/mol. The highest BCUT2D eigenvalue weighted by molar-refractivity contribution is 6.81. The van der Waals surface area contributed by atoms with Crippen LogP contribution in [-0.2, 0) is 4.65 Å². The van der Waals surface area contributed by atoms with Crippen molar-refractivity contribution in [3.05, 3.63) is 54.1 Å². The Kier molecular flexibility index (Phi) is 5.62. The summed E-state index contributed by atoms with van der Waals surface area (Å²) >= 11 is 0. The minimum atomic E-state index is -0.0548. The fourth-order valence-corrected chi connectivity index (χ4v) is 3.57. The minimum absolute atomic E-state index is 0.0548. The van der Waals surface area contributed by atoms with E-state index in [2.05, 4.69) is 69.3 Å². The van der Waals surface area contributed by atoms with Crippen molar-refractivity contribution < 1.29 is 9.39 Å². The number of fused-ring (bicyclic) bond motifs is 1. The molecule has 2 aromatic rings. The van der Waals surface area contributed by atoms with Crippen molar-refractivity contribution in [2.45, 2.75) is 58.7 Å². The first-order valence-corrected chi connectivity index (χ1v) is 9.21. The second kappa shape index (κ2) is 7.89. The van der Waals surface area contributed by atoms with Gasteiger partial charge in [0.1, 0.15) is 11.9 Å². The molecule has 126 valence electrons. The Morgan fingerprint density at radius 2 is 1.46 bits per heavy atom. The largest absolute Gasteiger partial charge is 0.488 e. The van der Waals surface area contributed by atoms with Crippen molar-refractivity contribution in [1.82, 2.24) is 0 Å². The lowest BCUT2D eigenvalue weighted by Crippen LogP contribution is -2.48. The highest BCUT2D eigenvalue weighted by Crippen LogP contribution is 2.24. The summed E-state index contributed by atoms with van der Waals surface area (Å²) in [5, 5.41) is 0. The normalized spacial score (nSPS) is 20.2. The van der Waals surface area contributed by atoms with Crippen LogP contribution in [0, 0.1) is 6.92 Å². The second-order valence-electron chi connectivity index (χ2n) is 6.68. The maximum absolute atomic E-state index is 6.69. The lowest BCUT2D eigenvalue weighted by atomic mass is 9.53. The zero-order valence-electron chi connectivity index (χ0n) is 15.0. The van der Waals surface area contributed by atoms with Crippen LogP contribution in [-0.4, -0.2) is 19.1 Å². The molecular formula is C21H27BO2. The number of aryl methyl sites for hydroxylation is 1.